The van der Waals surface area contributed by atoms with Crippen LogP contribution in [-0.2, 0) is 6.18 Å². The molecule has 21 heavy (non-hydrogen) atoms. The molecule has 0 unspecified atom stereocenters. The summed E-state index contributed by atoms with van der Waals surface area (Å²) in [5.74, 6) is -1.78. The van der Waals surface area contributed by atoms with Crippen LogP contribution in [0.3, 0.4) is 0 Å². The van der Waals surface area contributed by atoms with Crippen molar-refractivity contribution < 1.29 is 22.4 Å². The summed E-state index contributed by atoms with van der Waals surface area (Å²) in [6.07, 6.45) is -4.61. The number of alkyl halides is 3. The van der Waals surface area contributed by atoms with Crippen LogP contribution in [0.25, 0.3) is 0 Å². The van der Waals surface area contributed by atoms with E-state index in [0.29, 0.717) is 18.2 Å². The molecule has 1 amide bonds. The first-order valence-corrected chi connectivity index (χ1v) is 6.56. The predicted molar refractivity (Wildman–Crippen MR) is 70.2 cm³/mol. The maximum absolute atomic E-state index is 13.6. The SMILES string of the molecule is CC1(C)C(NC(=O)c2cc(C(F)(F)F)ccc2F)C1(C)C. The third kappa shape index (κ3) is 2.51. The zero-order valence-corrected chi connectivity index (χ0v) is 12.2. The van der Waals surface area contributed by atoms with Crippen LogP contribution in [0.2, 0.25) is 0 Å². The Labute approximate surface area is 120 Å². The number of carbonyl (C=O) groups excluding carboxylic acids is 1. The van der Waals surface area contributed by atoms with Gasteiger partial charge in [-0.05, 0) is 29.0 Å². The molecule has 0 heterocycles. The van der Waals surface area contributed by atoms with Gasteiger partial charge in [-0.2, -0.15) is 13.2 Å². The van der Waals surface area contributed by atoms with Crippen molar-refractivity contribution in [1.82, 2.24) is 5.32 Å². The largest absolute Gasteiger partial charge is 0.416 e. The van der Waals surface area contributed by atoms with Gasteiger partial charge in [-0.1, -0.05) is 27.7 Å². The number of rotatable bonds is 2. The quantitative estimate of drug-likeness (QED) is 0.822. The van der Waals surface area contributed by atoms with Crippen molar-refractivity contribution in [2.24, 2.45) is 10.8 Å². The summed E-state index contributed by atoms with van der Waals surface area (Å²) in [5, 5.41) is 2.62. The summed E-state index contributed by atoms with van der Waals surface area (Å²) in [6, 6.07) is 1.64. The van der Waals surface area contributed by atoms with E-state index in [1.165, 1.54) is 0 Å². The molecule has 1 N–H and O–H groups in total. The van der Waals surface area contributed by atoms with E-state index in [9.17, 15) is 22.4 Å². The topological polar surface area (TPSA) is 29.1 Å². The standard InChI is InChI=1S/C15H17F4NO/c1-13(2)12(14(13,3)4)20-11(21)9-7-8(15(17,18)19)5-6-10(9)16/h5-7,12H,1-4H3,(H,20,21). The molecule has 116 valence electrons. The average molecular weight is 303 g/mol. The van der Waals surface area contributed by atoms with E-state index in [0.717, 1.165) is 0 Å². The van der Waals surface area contributed by atoms with Gasteiger partial charge in [0.05, 0.1) is 11.1 Å². The van der Waals surface area contributed by atoms with E-state index in [1.807, 2.05) is 27.7 Å². The molecule has 1 aliphatic carbocycles. The molecule has 0 saturated heterocycles. The Morgan fingerprint density at radius 2 is 1.67 bits per heavy atom. The summed E-state index contributed by atoms with van der Waals surface area (Å²) in [7, 11) is 0. The number of halogens is 4. The van der Waals surface area contributed by atoms with Gasteiger partial charge in [-0.25, -0.2) is 4.39 Å². The molecule has 0 bridgehead atoms. The van der Waals surface area contributed by atoms with Gasteiger partial charge in [0.25, 0.3) is 5.91 Å². The Hall–Kier alpha value is -1.59. The second kappa shape index (κ2) is 4.45. The first-order valence-electron chi connectivity index (χ1n) is 6.56. The van der Waals surface area contributed by atoms with E-state index in [4.69, 9.17) is 0 Å². The van der Waals surface area contributed by atoms with Crippen LogP contribution in [0, 0.1) is 16.6 Å². The molecular formula is C15H17F4NO. The van der Waals surface area contributed by atoms with E-state index >= 15 is 0 Å². The number of hydrogen-bond donors (Lipinski definition) is 1. The second-order valence-electron chi connectivity index (χ2n) is 6.54. The molecule has 1 saturated carbocycles. The zero-order valence-electron chi connectivity index (χ0n) is 12.2. The number of nitrogens with one attached hydrogen (secondary N) is 1. The van der Waals surface area contributed by atoms with Gasteiger partial charge in [0.1, 0.15) is 5.82 Å². The van der Waals surface area contributed by atoms with E-state index in [2.05, 4.69) is 5.32 Å². The summed E-state index contributed by atoms with van der Waals surface area (Å²) >= 11 is 0. The fraction of sp³-hybridized carbons (Fsp3) is 0.533. The van der Waals surface area contributed by atoms with Crippen molar-refractivity contribution in [3.05, 3.63) is 35.1 Å². The third-order valence-electron chi connectivity index (χ3n) is 4.83. The van der Waals surface area contributed by atoms with E-state index in [-0.39, 0.29) is 16.9 Å². The van der Waals surface area contributed by atoms with Gasteiger partial charge in [-0.3, -0.25) is 4.79 Å². The highest BCUT2D eigenvalue weighted by Gasteiger charge is 2.65. The first kappa shape index (κ1) is 15.8. The molecule has 1 aromatic rings. The molecule has 6 heteroatoms. The van der Waals surface area contributed by atoms with Crippen LogP contribution >= 0.6 is 0 Å². The molecule has 0 aliphatic heterocycles. The minimum atomic E-state index is -4.61. The normalized spacial score (nSPS) is 20.2. The van der Waals surface area contributed by atoms with Gasteiger partial charge in [0.15, 0.2) is 0 Å². The number of benzene rings is 1. The van der Waals surface area contributed by atoms with Gasteiger partial charge >= 0.3 is 6.18 Å². The van der Waals surface area contributed by atoms with Gasteiger partial charge in [0.2, 0.25) is 0 Å². The molecule has 1 fully saturated rings. The van der Waals surface area contributed by atoms with Crippen molar-refractivity contribution in [2.45, 2.75) is 39.9 Å². The number of hydrogen-bond acceptors (Lipinski definition) is 1. The number of amides is 1. The van der Waals surface area contributed by atoms with Crippen LogP contribution < -0.4 is 5.32 Å². The van der Waals surface area contributed by atoms with Crippen LogP contribution in [0.5, 0.6) is 0 Å². The second-order valence-corrected chi connectivity index (χ2v) is 6.54. The first-order chi connectivity index (χ1) is 9.39. The van der Waals surface area contributed by atoms with Crippen LogP contribution in [-0.4, -0.2) is 11.9 Å². The summed E-state index contributed by atoms with van der Waals surface area (Å²) in [4.78, 5) is 12.1. The molecule has 2 rings (SSSR count). The molecule has 0 spiro atoms. The predicted octanol–water partition coefficient (Wildman–Crippen LogP) is 4.01. The Bertz CT molecular complexity index is 576. The lowest BCUT2D eigenvalue weighted by atomic mass is 10.0. The van der Waals surface area contributed by atoms with E-state index in [1.54, 1.807) is 0 Å². The maximum Gasteiger partial charge on any atom is 0.416 e. The maximum atomic E-state index is 13.6. The fourth-order valence-corrected chi connectivity index (χ4v) is 2.64. The zero-order chi connectivity index (χ0) is 16.2. The van der Waals surface area contributed by atoms with Gasteiger partial charge in [0, 0.05) is 6.04 Å². The fourth-order valence-electron chi connectivity index (χ4n) is 2.64. The minimum Gasteiger partial charge on any atom is -0.348 e. The van der Waals surface area contributed by atoms with Crippen molar-refractivity contribution in [1.29, 1.82) is 0 Å². The monoisotopic (exact) mass is 303 g/mol. The highest BCUT2D eigenvalue weighted by atomic mass is 19.4. The van der Waals surface area contributed by atoms with Crippen LogP contribution in [0.1, 0.15) is 43.6 Å². The highest BCUT2D eigenvalue weighted by Crippen LogP contribution is 2.62. The molecule has 0 radical (unpaired) electrons. The smallest absolute Gasteiger partial charge is 0.348 e. The minimum absolute atomic E-state index is 0.180. The molecular weight excluding hydrogens is 286 g/mol. The Morgan fingerprint density at radius 1 is 1.14 bits per heavy atom. The van der Waals surface area contributed by atoms with Crippen molar-refractivity contribution in [3.63, 3.8) is 0 Å². The highest BCUT2D eigenvalue weighted by molar-refractivity contribution is 5.95. The lowest BCUT2D eigenvalue weighted by Gasteiger charge is -2.11. The summed E-state index contributed by atoms with van der Waals surface area (Å²) in [5.41, 5.74) is -1.98. The van der Waals surface area contributed by atoms with E-state index < -0.39 is 29.0 Å². The van der Waals surface area contributed by atoms with Crippen molar-refractivity contribution in [2.75, 3.05) is 0 Å². The average Bonchev–Trinajstić information content (AvgIpc) is 2.70. The molecule has 2 nitrogen and oxygen atoms in total. The van der Waals surface area contributed by atoms with Crippen LogP contribution in [0.4, 0.5) is 17.6 Å². The van der Waals surface area contributed by atoms with Crippen molar-refractivity contribution >= 4 is 5.91 Å². The number of carbonyl (C=O) groups is 1. The van der Waals surface area contributed by atoms with Crippen LogP contribution in [0.15, 0.2) is 18.2 Å². The third-order valence-corrected chi connectivity index (χ3v) is 4.83. The Morgan fingerprint density at radius 3 is 2.10 bits per heavy atom. The molecule has 0 aromatic heterocycles. The molecule has 0 atom stereocenters. The lowest BCUT2D eigenvalue weighted by molar-refractivity contribution is -0.137. The molecule has 1 aromatic carbocycles. The summed E-state index contributed by atoms with van der Waals surface area (Å²) < 4.78 is 51.5. The van der Waals surface area contributed by atoms with Crippen molar-refractivity contribution in [3.8, 4) is 0 Å². The van der Waals surface area contributed by atoms with Gasteiger partial charge in [-0.15, -0.1) is 0 Å². The Kier molecular flexibility index (Phi) is 3.35. The van der Waals surface area contributed by atoms with Gasteiger partial charge < -0.3 is 5.32 Å². The Balaban J connectivity index is 2.25. The lowest BCUT2D eigenvalue weighted by Crippen LogP contribution is -2.30. The molecule has 1 aliphatic rings. The summed E-state index contributed by atoms with van der Waals surface area (Å²) in [6.45, 7) is 7.78.